The molecule has 1 heterocycles. The topological polar surface area (TPSA) is 76.2 Å². The van der Waals surface area contributed by atoms with Crippen molar-refractivity contribution < 1.29 is 13.2 Å². The molecule has 0 bridgehead atoms. The molecule has 1 N–H and O–H groups in total. The molecule has 0 atom stereocenters. The van der Waals surface area contributed by atoms with E-state index in [1.165, 1.54) is 19.0 Å². The van der Waals surface area contributed by atoms with Gasteiger partial charge in [-0.2, -0.15) is 0 Å². The molecule has 1 saturated carbocycles. The zero-order valence-corrected chi connectivity index (χ0v) is 15.3. The molecular formula is C18H20ClNO4S. The van der Waals surface area contributed by atoms with Gasteiger partial charge in [0, 0.05) is 19.2 Å². The molecule has 1 aliphatic carbocycles. The third-order valence-corrected chi connectivity index (χ3v) is 6.40. The van der Waals surface area contributed by atoms with Crippen LogP contribution >= 0.6 is 11.6 Å². The monoisotopic (exact) mass is 381 g/mol. The van der Waals surface area contributed by atoms with Gasteiger partial charge in [-0.1, -0.05) is 29.8 Å². The molecule has 1 fully saturated rings. The third kappa shape index (κ3) is 4.71. The Morgan fingerprint density at radius 3 is 2.68 bits per heavy atom. The van der Waals surface area contributed by atoms with Crippen LogP contribution in [-0.4, -0.2) is 32.4 Å². The van der Waals surface area contributed by atoms with Gasteiger partial charge in [-0.25, -0.2) is 8.42 Å². The number of benzene rings is 1. The molecule has 1 aromatic carbocycles. The maximum atomic E-state index is 12.7. The average molecular weight is 382 g/mol. The molecule has 134 valence electrons. The Morgan fingerprint density at radius 2 is 1.92 bits per heavy atom. The second-order valence-corrected chi connectivity index (χ2v) is 8.72. The molecule has 0 saturated heterocycles. The van der Waals surface area contributed by atoms with E-state index < -0.39 is 9.84 Å². The quantitative estimate of drug-likeness (QED) is 0.713. The summed E-state index contributed by atoms with van der Waals surface area (Å²) < 4.78 is 30.8. The number of aromatic nitrogens is 1. The number of nitrogens with one attached hydrogen (secondary N) is 1. The van der Waals surface area contributed by atoms with E-state index >= 15 is 0 Å². The van der Waals surface area contributed by atoms with Crippen LogP contribution in [0.15, 0.2) is 46.2 Å². The lowest BCUT2D eigenvalue weighted by atomic mass is 10.1. The third-order valence-electron chi connectivity index (χ3n) is 4.22. The second kappa shape index (κ2) is 7.72. The fourth-order valence-electron chi connectivity index (χ4n) is 2.61. The number of H-pyrrole nitrogens is 1. The molecule has 0 aliphatic heterocycles. The zero-order chi connectivity index (χ0) is 17.9. The van der Waals surface area contributed by atoms with E-state index in [4.69, 9.17) is 16.3 Å². The molecule has 0 unspecified atom stereocenters. The van der Waals surface area contributed by atoms with Crippen LogP contribution in [0.3, 0.4) is 0 Å². The minimum atomic E-state index is -3.47. The number of sulfone groups is 1. The van der Waals surface area contributed by atoms with Gasteiger partial charge in [-0.15, -0.1) is 0 Å². The summed E-state index contributed by atoms with van der Waals surface area (Å²) in [5.74, 6) is 0.549. The van der Waals surface area contributed by atoms with Crippen LogP contribution in [0, 0.1) is 5.92 Å². The van der Waals surface area contributed by atoms with Crippen molar-refractivity contribution in [2.75, 3.05) is 19.0 Å². The summed E-state index contributed by atoms with van der Waals surface area (Å²) in [6, 6.07) is 8.49. The summed E-state index contributed by atoms with van der Waals surface area (Å²) >= 11 is 6.03. The average Bonchev–Trinajstić information content (AvgIpc) is 3.41. The Balaban J connectivity index is 1.77. The van der Waals surface area contributed by atoms with Gasteiger partial charge >= 0.3 is 0 Å². The van der Waals surface area contributed by atoms with Crippen LogP contribution in [-0.2, 0) is 21.0 Å². The number of aromatic amines is 1. The summed E-state index contributed by atoms with van der Waals surface area (Å²) in [6.07, 6.45) is 4.13. The second-order valence-electron chi connectivity index (χ2n) is 6.27. The summed E-state index contributed by atoms with van der Waals surface area (Å²) in [7, 11) is -3.47. The van der Waals surface area contributed by atoms with Crippen molar-refractivity contribution in [2.24, 2.45) is 5.92 Å². The van der Waals surface area contributed by atoms with Gasteiger partial charge in [0.15, 0.2) is 9.84 Å². The molecule has 7 heteroatoms. The van der Waals surface area contributed by atoms with Gasteiger partial charge in [-0.05, 0) is 42.0 Å². The van der Waals surface area contributed by atoms with E-state index in [1.54, 1.807) is 30.3 Å². The Hall–Kier alpha value is -1.63. The first-order valence-corrected chi connectivity index (χ1v) is 10.2. The number of pyridine rings is 1. The van der Waals surface area contributed by atoms with Crippen molar-refractivity contribution in [1.29, 1.82) is 0 Å². The highest BCUT2D eigenvalue weighted by molar-refractivity contribution is 7.91. The van der Waals surface area contributed by atoms with Gasteiger partial charge in [-0.3, -0.25) is 4.79 Å². The van der Waals surface area contributed by atoms with Crippen LogP contribution in [0.1, 0.15) is 24.0 Å². The largest absolute Gasteiger partial charge is 0.380 e. The van der Waals surface area contributed by atoms with Crippen molar-refractivity contribution in [3.63, 3.8) is 0 Å². The van der Waals surface area contributed by atoms with E-state index in [1.807, 2.05) is 0 Å². The Labute approximate surface area is 151 Å². The SMILES string of the molecule is O=c1[nH]ccc(Cc2ccccc2S(=O)(=O)CCOCC2CC2)c1Cl. The fraction of sp³-hybridized carbons (Fsp3) is 0.389. The Kier molecular flexibility index (Phi) is 5.61. The summed E-state index contributed by atoms with van der Waals surface area (Å²) in [5.41, 5.74) is 0.836. The lowest BCUT2D eigenvalue weighted by Crippen LogP contribution is -2.15. The summed E-state index contributed by atoms with van der Waals surface area (Å²) in [5, 5.41) is 0.0856. The first-order chi connectivity index (χ1) is 12.0. The van der Waals surface area contributed by atoms with E-state index in [0.717, 1.165) is 0 Å². The van der Waals surface area contributed by atoms with Crippen molar-refractivity contribution in [3.8, 4) is 0 Å². The minimum Gasteiger partial charge on any atom is -0.380 e. The van der Waals surface area contributed by atoms with Crippen LogP contribution in [0.4, 0.5) is 0 Å². The lowest BCUT2D eigenvalue weighted by molar-refractivity contribution is 0.138. The fourth-order valence-corrected chi connectivity index (χ4v) is 4.18. The smallest absolute Gasteiger partial charge is 0.266 e. The van der Waals surface area contributed by atoms with E-state index in [9.17, 15) is 13.2 Å². The van der Waals surface area contributed by atoms with Gasteiger partial charge in [0.2, 0.25) is 0 Å². The van der Waals surface area contributed by atoms with Gasteiger partial charge < -0.3 is 9.72 Å². The van der Waals surface area contributed by atoms with Crippen molar-refractivity contribution in [1.82, 2.24) is 4.98 Å². The molecule has 1 aliphatic rings. The molecule has 2 aromatic rings. The lowest BCUT2D eigenvalue weighted by Gasteiger charge is -2.11. The zero-order valence-electron chi connectivity index (χ0n) is 13.7. The first-order valence-electron chi connectivity index (χ1n) is 8.22. The summed E-state index contributed by atoms with van der Waals surface area (Å²) in [4.78, 5) is 14.4. The molecule has 5 nitrogen and oxygen atoms in total. The number of hydrogen-bond donors (Lipinski definition) is 1. The normalized spacial score (nSPS) is 14.6. The van der Waals surface area contributed by atoms with Gasteiger partial charge in [0.25, 0.3) is 5.56 Å². The molecule has 0 amide bonds. The Morgan fingerprint density at radius 1 is 1.16 bits per heavy atom. The van der Waals surface area contributed by atoms with Crippen LogP contribution in [0.25, 0.3) is 0 Å². The van der Waals surface area contributed by atoms with Crippen molar-refractivity contribution in [3.05, 3.63) is 63.0 Å². The molecule has 3 rings (SSSR count). The maximum absolute atomic E-state index is 12.7. The van der Waals surface area contributed by atoms with Gasteiger partial charge in [0.1, 0.15) is 5.02 Å². The van der Waals surface area contributed by atoms with Crippen molar-refractivity contribution >= 4 is 21.4 Å². The summed E-state index contributed by atoms with van der Waals surface area (Å²) in [6.45, 7) is 0.832. The first kappa shape index (κ1) is 18.2. The predicted molar refractivity (Wildman–Crippen MR) is 96.9 cm³/mol. The predicted octanol–water partition coefficient (Wildman–Crippen LogP) is 2.82. The maximum Gasteiger partial charge on any atom is 0.266 e. The molecule has 0 radical (unpaired) electrons. The molecule has 25 heavy (non-hydrogen) atoms. The number of hydrogen-bond acceptors (Lipinski definition) is 4. The standard InChI is InChI=1S/C18H20ClNO4S/c19-17-15(7-8-20-18(17)21)11-14-3-1-2-4-16(14)25(22,23)10-9-24-12-13-5-6-13/h1-4,7-8,13H,5-6,9-12H2,(H,20,21). The van der Waals surface area contributed by atoms with E-state index in [2.05, 4.69) is 4.98 Å². The minimum absolute atomic E-state index is 0.0557. The highest BCUT2D eigenvalue weighted by Gasteiger charge is 2.23. The molecular weight excluding hydrogens is 362 g/mol. The number of rotatable bonds is 8. The van der Waals surface area contributed by atoms with Crippen molar-refractivity contribution in [2.45, 2.75) is 24.2 Å². The van der Waals surface area contributed by atoms with Gasteiger partial charge in [0.05, 0.1) is 17.3 Å². The highest BCUT2D eigenvalue weighted by Crippen LogP contribution is 2.29. The van der Waals surface area contributed by atoms with E-state index in [-0.39, 0.29) is 34.3 Å². The Bertz CT molecular complexity index is 903. The molecule has 1 aromatic heterocycles. The van der Waals surface area contributed by atoms with Crippen LogP contribution in [0.2, 0.25) is 5.02 Å². The highest BCUT2D eigenvalue weighted by atomic mass is 35.5. The van der Waals surface area contributed by atoms with Crippen LogP contribution in [0.5, 0.6) is 0 Å². The molecule has 0 spiro atoms. The van der Waals surface area contributed by atoms with Crippen LogP contribution < -0.4 is 5.56 Å². The van der Waals surface area contributed by atoms with E-state index in [0.29, 0.717) is 23.7 Å². The number of halogens is 1. The number of ether oxygens (including phenoxy) is 1.